The van der Waals surface area contributed by atoms with Crippen molar-refractivity contribution in [2.45, 2.75) is 90.0 Å². The number of fused-ring (bicyclic) bond motifs is 3. The summed E-state index contributed by atoms with van der Waals surface area (Å²) >= 11 is 0. The molecule has 1 aromatic rings. The van der Waals surface area contributed by atoms with E-state index in [9.17, 15) is 5.11 Å². The van der Waals surface area contributed by atoms with Crippen molar-refractivity contribution in [2.24, 2.45) is 5.41 Å². The molecule has 0 saturated carbocycles. The Morgan fingerprint density at radius 2 is 1.66 bits per heavy atom. The Morgan fingerprint density at radius 1 is 1.03 bits per heavy atom. The van der Waals surface area contributed by atoms with Crippen LogP contribution in [0, 0.1) is 16.9 Å². The van der Waals surface area contributed by atoms with Gasteiger partial charge in [0.25, 0.3) is 0 Å². The smallest absolute Gasteiger partial charge is 0.145 e. The summed E-state index contributed by atoms with van der Waals surface area (Å²) in [6.07, 6.45) is 4.49. The summed E-state index contributed by atoms with van der Waals surface area (Å²) in [5.74, 6) is 4.67. The van der Waals surface area contributed by atoms with Gasteiger partial charge in [0, 0.05) is 6.42 Å². The number of hydrogen-bond donors (Lipinski definition) is 1. The minimum absolute atomic E-state index is 0.433. The third-order valence-corrected chi connectivity index (χ3v) is 14.0. The number of ether oxygens (including phenoxy) is 1. The molecule has 0 spiro atoms. The van der Waals surface area contributed by atoms with Crippen LogP contribution in [0.25, 0.3) is 0 Å². The van der Waals surface area contributed by atoms with Crippen molar-refractivity contribution in [1.29, 1.82) is 0 Å². The van der Waals surface area contributed by atoms with E-state index in [4.69, 9.17) is 4.74 Å². The van der Waals surface area contributed by atoms with E-state index in [-0.39, 0.29) is 0 Å². The van der Waals surface area contributed by atoms with Crippen LogP contribution in [-0.4, -0.2) is 20.3 Å². The number of hydrogen-bond acceptors (Lipinski definition) is 2. The highest BCUT2D eigenvalue weighted by Crippen LogP contribution is 2.58. The van der Waals surface area contributed by atoms with Crippen LogP contribution in [0.1, 0.15) is 72.4 Å². The number of benzene rings is 1. The zero-order valence-electron chi connectivity index (χ0n) is 19.5. The van der Waals surface area contributed by atoms with Gasteiger partial charge in [-0.2, -0.15) is 0 Å². The van der Waals surface area contributed by atoms with Crippen molar-refractivity contribution in [3.05, 3.63) is 41.0 Å². The number of rotatable bonds is 4. The summed E-state index contributed by atoms with van der Waals surface area (Å²) in [4.78, 5) is 0. The first-order valence-electron chi connectivity index (χ1n) is 11.1. The minimum atomic E-state index is -1.87. The lowest BCUT2D eigenvalue weighted by Crippen LogP contribution is -2.46. The maximum atomic E-state index is 12.0. The van der Waals surface area contributed by atoms with Gasteiger partial charge in [-0.3, -0.25) is 0 Å². The van der Waals surface area contributed by atoms with Crippen molar-refractivity contribution in [2.75, 3.05) is 7.11 Å². The number of allylic oxidation sites excluding steroid dienone is 1. The standard InChI is InChI=1S/C26H38O2Si/c1-18(2)29(19(3)4,20(5)6)14-13-25-16-21(7)11-12-26(25,27)24-10-9-23(28-8)15-22(24)17-25/h9-11,15,18-20,27H,12,16-17H2,1-8H3/t25-,26-/m0/s1. The first kappa shape index (κ1) is 22.2. The maximum absolute atomic E-state index is 12.0. The lowest BCUT2D eigenvalue weighted by atomic mass is 9.64. The van der Waals surface area contributed by atoms with Crippen molar-refractivity contribution in [3.8, 4) is 17.2 Å². The number of methoxy groups -OCH3 is 1. The van der Waals surface area contributed by atoms with E-state index in [0.717, 1.165) is 24.2 Å². The van der Waals surface area contributed by atoms with E-state index >= 15 is 0 Å². The molecule has 0 unspecified atom stereocenters. The second-order valence-electron chi connectivity index (χ2n) is 10.2. The molecule has 2 nitrogen and oxygen atoms in total. The SMILES string of the molecule is COc1ccc2c(c1)C[C@]1(C#C[Si](C(C)C)(C(C)C)C(C)C)CC(C)=CC[C@]21O. The van der Waals surface area contributed by atoms with Gasteiger partial charge < -0.3 is 9.84 Å². The van der Waals surface area contributed by atoms with Gasteiger partial charge in [-0.05, 0) is 59.6 Å². The molecular weight excluding hydrogens is 372 g/mol. The first-order valence-corrected chi connectivity index (χ1v) is 13.4. The average molecular weight is 411 g/mol. The van der Waals surface area contributed by atoms with Crippen LogP contribution < -0.4 is 4.74 Å². The zero-order valence-corrected chi connectivity index (χ0v) is 20.5. The molecule has 0 fully saturated rings. The molecule has 1 aromatic carbocycles. The molecule has 0 bridgehead atoms. The quantitative estimate of drug-likeness (QED) is 0.354. The molecule has 158 valence electrons. The summed E-state index contributed by atoms with van der Waals surface area (Å²) in [6.45, 7) is 16.3. The number of aliphatic hydroxyl groups is 1. The van der Waals surface area contributed by atoms with Gasteiger partial charge in [0.2, 0.25) is 0 Å². The van der Waals surface area contributed by atoms with Crippen LogP contribution in [0.4, 0.5) is 0 Å². The Labute approximate surface area is 178 Å². The lowest BCUT2D eigenvalue weighted by molar-refractivity contribution is -0.0503. The molecule has 2 aliphatic carbocycles. The third-order valence-electron chi connectivity index (χ3n) is 7.75. The lowest BCUT2D eigenvalue weighted by Gasteiger charge is -2.44. The van der Waals surface area contributed by atoms with Gasteiger partial charge in [-0.1, -0.05) is 65.2 Å². The molecule has 1 N–H and O–H groups in total. The Morgan fingerprint density at radius 3 is 2.21 bits per heavy atom. The summed E-state index contributed by atoms with van der Waals surface area (Å²) in [5, 5.41) is 12.0. The van der Waals surface area contributed by atoms with Crippen molar-refractivity contribution >= 4 is 8.07 Å². The van der Waals surface area contributed by atoms with E-state index in [1.165, 1.54) is 11.1 Å². The highest BCUT2D eigenvalue weighted by Gasteiger charge is 2.57. The van der Waals surface area contributed by atoms with Crippen molar-refractivity contribution < 1.29 is 9.84 Å². The zero-order chi connectivity index (χ0) is 21.6. The summed E-state index contributed by atoms with van der Waals surface area (Å²) in [7, 11) is -0.167. The highest BCUT2D eigenvalue weighted by molar-refractivity contribution is 6.90. The molecule has 29 heavy (non-hydrogen) atoms. The molecule has 2 aliphatic rings. The molecule has 0 radical (unpaired) electrons. The van der Waals surface area contributed by atoms with Crippen LogP contribution in [-0.2, 0) is 12.0 Å². The molecule has 0 aromatic heterocycles. The summed E-state index contributed by atoms with van der Waals surface area (Å²) in [6, 6.07) is 6.13. The Hall–Kier alpha value is -1.50. The normalized spacial score (nSPS) is 26.1. The fourth-order valence-corrected chi connectivity index (χ4v) is 11.5. The first-order chi connectivity index (χ1) is 13.5. The summed E-state index contributed by atoms with van der Waals surface area (Å²) < 4.78 is 5.46. The predicted octanol–water partition coefficient (Wildman–Crippen LogP) is 6.39. The van der Waals surface area contributed by atoms with E-state index in [1.54, 1.807) is 7.11 Å². The predicted molar refractivity (Wildman–Crippen MR) is 125 cm³/mol. The van der Waals surface area contributed by atoms with E-state index in [2.05, 4.69) is 78.1 Å². The Bertz CT molecular complexity index is 849. The molecule has 3 rings (SSSR count). The summed E-state index contributed by atoms with van der Waals surface area (Å²) in [5.41, 5.74) is 7.94. The molecule has 0 aliphatic heterocycles. The van der Waals surface area contributed by atoms with Crippen LogP contribution in [0.2, 0.25) is 16.6 Å². The molecule has 3 heteroatoms. The fraction of sp³-hybridized carbons (Fsp3) is 0.615. The van der Waals surface area contributed by atoms with E-state index < -0.39 is 19.1 Å². The molecule has 0 amide bonds. The largest absolute Gasteiger partial charge is 0.497 e. The maximum Gasteiger partial charge on any atom is 0.145 e. The molecular formula is C26H38O2Si. The highest BCUT2D eigenvalue weighted by atomic mass is 28.3. The van der Waals surface area contributed by atoms with E-state index in [1.807, 2.05) is 6.07 Å². The second-order valence-corrected chi connectivity index (χ2v) is 15.8. The monoisotopic (exact) mass is 410 g/mol. The third kappa shape index (κ3) is 3.29. The van der Waals surface area contributed by atoms with Gasteiger partial charge in [0.15, 0.2) is 0 Å². The van der Waals surface area contributed by atoms with Crippen molar-refractivity contribution in [1.82, 2.24) is 0 Å². The Kier molecular flexibility index (Phi) is 5.84. The minimum Gasteiger partial charge on any atom is -0.497 e. The topological polar surface area (TPSA) is 29.5 Å². The Balaban J connectivity index is 2.19. The molecule has 0 heterocycles. The fourth-order valence-electron chi connectivity index (χ4n) is 6.21. The van der Waals surface area contributed by atoms with Crippen LogP contribution in [0.3, 0.4) is 0 Å². The second kappa shape index (κ2) is 7.64. The van der Waals surface area contributed by atoms with Gasteiger partial charge in [-0.25, -0.2) is 0 Å². The van der Waals surface area contributed by atoms with Gasteiger partial charge in [0.1, 0.15) is 19.4 Å². The van der Waals surface area contributed by atoms with Gasteiger partial charge >= 0.3 is 0 Å². The van der Waals surface area contributed by atoms with Crippen LogP contribution in [0.5, 0.6) is 5.75 Å². The van der Waals surface area contributed by atoms with Crippen LogP contribution in [0.15, 0.2) is 29.8 Å². The molecule has 2 atom stereocenters. The van der Waals surface area contributed by atoms with Crippen molar-refractivity contribution in [3.63, 3.8) is 0 Å². The average Bonchev–Trinajstić information content (AvgIpc) is 2.89. The molecule has 0 saturated heterocycles. The van der Waals surface area contributed by atoms with Gasteiger partial charge in [-0.15, -0.1) is 5.54 Å². The van der Waals surface area contributed by atoms with E-state index in [0.29, 0.717) is 23.0 Å². The van der Waals surface area contributed by atoms with Crippen LogP contribution >= 0.6 is 0 Å². The van der Waals surface area contributed by atoms with Gasteiger partial charge in [0.05, 0.1) is 12.5 Å².